The maximum Gasteiger partial charge on any atom is 0.147 e. The van der Waals surface area contributed by atoms with E-state index in [4.69, 9.17) is 10.3 Å². The summed E-state index contributed by atoms with van der Waals surface area (Å²) in [5, 5.41) is 0.955. The normalized spacial score (nSPS) is 10.6. The lowest BCUT2D eigenvalue weighted by atomic mass is 10.2. The fourth-order valence-electron chi connectivity index (χ4n) is 1.65. The van der Waals surface area contributed by atoms with Gasteiger partial charge in [-0.05, 0) is 18.6 Å². The number of thioether (sulfide) groups is 1. The molecule has 0 aromatic carbocycles. The van der Waals surface area contributed by atoms with Crippen LogP contribution in [0.4, 0.5) is 5.82 Å². The summed E-state index contributed by atoms with van der Waals surface area (Å²) in [5.74, 6) is 7.86. The summed E-state index contributed by atoms with van der Waals surface area (Å²) in [5.41, 5.74) is 3.69. The minimum atomic E-state index is 0.703. The number of nitrogens with two attached hydrogens (primary N) is 1. The summed E-state index contributed by atoms with van der Waals surface area (Å²) in [6, 6.07) is 3.84. The van der Waals surface area contributed by atoms with Crippen LogP contribution in [-0.4, -0.2) is 9.97 Å². The Hall–Kier alpha value is -1.53. The molecule has 0 aliphatic carbocycles. The van der Waals surface area contributed by atoms with Crippen molar-refractivity contribution in [2.75, 3.05) is 5.43 Å². The predicted molar refractivity (Wildman–Crippen MR) is 72.1 cm³/mol. The standard InChI is InChI=1S/C12H16N4OS/c1-2-4-10-11(16-13)14-8-15-12(10)18-7-9-5-3-6-17-9/h3,5-6,8H,2,4,7,13H2,1H3,(H,14,15,16). The van der Waals surface area contributed by atoms with Gasteiger partial charge in [0.15, 0.2) is 0 Å². The van der Waals surface area contributed by atoms with Crippen molar-refractivity contribution < 1.29 is 4.42 Å². The molecular weight excluding hydrogens is 248 g/mol. The number of furan rings is 1. The molecule has 0 radical (unpaired) electrons. The summed E-state index contributed by atoms with van der Waals surface area (Å²) in [6.45, 7) is 2.12. The van der Waals surface area contributed by atoms with Crippen LogP contribution >= 0.6 is 11.8 Å². The first-order valence-corrected chi connectivity index (χ1v) is 6.79. The van der Waals surface area contributed by atoms with Crippen molar-refractivity contribution in [3.05, 3.63) is 36.0 Å². The number of aromatic nitrogens is 2. The average Bonchev–Trinajstić information content (AvgIpc) is 2.91. The Labute approximate surface area is 110 Å². The lowest BCUT2D eigenvalue weighted by Crippen LogP contribution is -2.12. The Morgan fingerprint density at radius 2 is 2.33 bits per heavy atom. The third-order valence-electron chi connectivity index (χ3n) is 2.47. The van der Waals surface area contributed by atoms with E-state index >= 15 is 0 Å². The van der Waals surface area contributed by atoms with Gasteiger partial charge in [0, 0.05) is 5.56 Å². The van der Waals surface area contributed by atoms with Gasteiger partial charge < -0.3 is 9.84 Å². The van der Waals surface area contributed by atoms with Gasteiger partial charge in [-0.3, -0.25) is 0 Å². The van der Waals surface area contributed by atoms with Crippen molar-refractivity contribution in [3.8, 4) is 0 Å². The highest BCUT2D eigenvalue weighted by atomic mass is 32.2. The maximum absolute atomic E-state index is 5.47. The van der Waals surface area contributed by atoms with E-state index in [0.29, 0.717) is 5.82 Å². The van der Waals surface area contributed by atoms with E-state index in [2.05, 4.69) is 22.3 Å². The number of nitrogens with zero attached hydrogens (tertiary/aromatic N) is 2. The number of hydrazine groups is 1. The van der Waals surface area contributed by atoms with Crippen molar-refractivity contribution in [1.29, 1.82) is 0 Å². The van der Waals surface area contributed by atoms with Gasteiger partial charge in [-0.1, -0.05) is 25.1 Å². The van der Waals surface area contributed by atoms with Gasteiger partial charge in [0.1, 0.15) is 22.9 Å². The molecule has 2 heterocycles. The smallest absolute Gasteiger partial charge is 0.147 e. The van der Waals surface area contributed by atoms with Crippen molar-refractivity contribution >= 4 is 17.6 Å². The lowest BCUT2D eigenvalue weighted by molar-refractivity contribution is 0.530. The van der Waals surface area contributed by atoms with Crippen LogP contribution in [0.25, 0.3) is 0 Å². The summed E-state index contributed by atoms with van der Waals surface area (Å²) in [7, 11) is 0. The Morgan fingerprint density at radius 1 is 1.44 bits per heavy atom. The van der Waals surface area contributed by atoms with E-state index in [9.17, 15) is 0 Å². The van der Waals surface area contributed by atoms with E-state index in [1.165, 1.54) is 6.33 Å². The molecule has 2 rings (SSSR count). The fourth-order valence-corrected chi connectivity index (χ4v) is 2.59. The van der Waals surface area contributed by atoms with Gasteiger partial charge in [0.05, 0.1) is 12.0 Å². The van der Waals surface area contributed by atoms with E-state index in [1.807, 2.05) is 12.1 Å². The average molecular weight is 264 g/mol. The van der Waals surface area contributed by atoms with Crippen molar-refractivity contribution in [2.45, 2.75) is 30.5 Å². The molecule has 0 spiro atoms. The SMILES string of the molecule is CCCc1c(NN)ncnc1SCc1ccco1. The van der Waals surface area contributed by atoms with E-state index in [0.717, 1.165) is 34.9 Å². The molecule has 96 valence electrons. The molecule has 0 atom stereocenters. The first kappa shape index (κ1) is 12.9. The number of hydrogen-bond acceptors (Lipinski definition) is 6. The highest BCUT2D eigenvalue weighted by molar-refractivity contribution is 7.98. The Kier molecular flexibility index (Phi) is 4.60. The minimum absolute atomic E-state index is 0.703. The topological polar surface area (TPSA) is 77.0 Å². The van der Waals surface area contributed by atoms with Crippen LogP contribution in [0.15, 0.2) is 34.2 Å². The Balaban J connectivity index is 2.15. The number of rotatable bonds is 6. The number of anilines is 1. The molecule has 0 aliphatic heterocycles. The van der Waals surface area contributed by atoms with Gasteiger partial charge in [-0.15, -0.1) is 0 Å². The van der Waals surface area contributed by atoms with Crippen LogP contribution in [-0.2, 0) is 12.2 Å². The number of nitrogen functional groups attached to an aromatic ring is 1. The summed E-state index contributed by atoms with van der Waals surface area (Å²) < 4.78 is 5.31. The summed E-state index contributed by atoms with van der Waals surface area (Å²) in [6.07, 6.45) is 5.13. The van der Waals surface area contributed by atoms with Crippen LogP contribution < -0.4 is 11.3 Å². The van der Waals surface area contributed by atoms with Crippen LogP contribution in [0, 0.1) is 0 Å². The van der Waals surface area contributed by atoms with Gasteiger partial charge >= 0.3 is 0 Å². The highest BCUT2D eigenvalue weighted by Gasteiger charge is 2.11. The second kappa shape index (κ2) is 6.42. The second-order valence-electron chi connectivity index (χ2n) is 3.77. The molecule has 2 aromatic heterocycles. The monoisotopic (exact) mass is 264 g/mol. The third kappa shape index (κ3) is 3.02. The van der Waals surface area contributed by atoms with Crippen LogP contribution in [0.5, 0.6) is 0 Å². The molecular formula is C12H16N4OS. The van der Waals surface area contributed by atoms with Crippen LogP contribution in [0.1, 0.15) is 24.7 Å². The molecule has 6 heteroatoms. The molecule has 0 saturated carbocycles. The summed E-state index contributed by atoms with van der Waals surface area (Å²) in [4.78, 5) is 8.46. The molecule has 0 fully saturated rings. The van der Waals surface area contributed by atoms with E-state index in [-0.39, 0.29) is 0 Å². The van der Waals surface area contributed by atoms with E-state index in [1.54, 1.807) is 18.0 Å². The molecule has 0 amide bonds. The Morgan fingerprint density at radius 3 is 3.00 bits per heavy atom. The minimum Gasteiger partial charge on any atom is -0.468 e. The van der Waals surface area contributed by atoms with Gasteiger partial charge in [0.25, 0.3) is 0 Å². The zero-order valence-electron chi connectivity index (χ0n) is 10.2. The Bertz CT molecular complexity index is 487. The molecule has 2 aromatic rings. The summed E-state index contributed by atoms with van der Waals surface area (Å²) >= 11 is 1.63. The van der Waals surface area contributed by atoms with Crippen LogP contribution in [0.2, 0.25) is 0 Å². The molecule has 3 N–H and O–H groups in total. The lowest BCUT2D eigenvalue weighted by Gasteiger charge is -2.10. The zero-order valence-corrected chi connectivity index (χ0v) is 11.0. The maximum atomic E-state index is 5.47. The molecule has 0 bridgehead atoms. The first-order valence-electron chi connectivity index (χ1n) is 5.80. The van der Waals surface area contributed by atoms with Gasteiger partial charge in [0.2, 0.25) is 0 Å². The van der Waals surface area contributed by atoms with Gasteiger partial charge in [-0.25, -0.2) is 15.8 Å². The largest absolute Gasteiger partial charge is 0.468 e. The van der Waals surface area contributed by atoms with Crippen molar-refractivity contribution in [1.82, 2.24) is 9.97 Å². The molecule has 0 unspecified atom stereocenters. The number of nitrogens with one attached hydrogen (secondary N) is 1. The third-order valence-corrected chi connectivity index (χ3v) is 3.53. The highest BCUT2D eigenvalue weighted by Crippen LogP contribution is 2.28. The van der Waals surface area contributed by atoms with E-state index < -0.39 is 0 Å². The van der Waals surface area contributed by atoms with Crippen molar-refractivity contribution in [3.63, 3.8) is 0 Å². The van der Waals surface area contributed by atoms with Gasteiger partial charge in [-0.2, -0.15) is 0 Å². The predicted octanol–water partition coefficient (Wildman–Crippen LogP) is 2.60. The first-order chi connectivity index (χ1) is 8.85. The zero-order chi connectivity index (χ0) is 12.8. The second-order valence-corrected chi connectivity index (χ2v) is 4.73. The molecule has 0 aliphatic rings. The van der Waals surface area contributed by atoms with Crippen LogP contribution in [0.3, 0.4) is 0 Å². The quantitative estimate of drug-likeness (QED) is 0.361. The molecule has 5 nitrogen and oxygen atoms in total. The molecule has 18 heavy (non-hydrogen) atoms. The molecule has 0 saturated heterocycles. The van der Waals surface area contributed by atoms with Crippen molar-refractivity contribution in [2.24, 2.45) is 5.84 Å². The fraction of sp³-hybridized carbons (Fsp3) is 0.333. The number of hydrogen-bond donors (Lipinski definition) is 2.